The number of esters is 1. The van der Waals surface area contributed by atoms with Gasteiger partial charge in [-0.25, -0.2) is 4.79 Å². The largest absolute Gasteiger partial charge is 0.481 e. The minimum atomic E-state index is -1.65. The van der Waals surface area contributed by atoms with Gasteiger partial charge in [0, 0.05) is 13.3 Å². The van der Waals surface area contributed by atoms with E-state index in [9.17, 15) is 39.3 Å². The lowest BCUT2D eigenvalue weighted by atomic mass is 9.96. The fraction of sp³-hybridized carbons (Fsp3) is 0.750. The Balaban J connectivity index is 2.82. The molecule has 3 amide bonds. The molecule has 35 heavy (non-hydrogen) atoms. The van der Waals surface area contributed by atoms with Crippen LogP contribution in [0.2, 0.25) is 0 Å². The topological polar surface area (TPSA) is 230 Å². The van der Waals surface area contributed by atoms with Crippen LogP contribution in [0, 0.1) is 0 Å². The lowest BCUT2D eigenvalue weighted by molar-refractivity contribution is -0.266. The molecule has 1 rings (SSSR count). The normalized spacial score (nSPS) is 26.5. The van der Waals surface area contributed by atoms with Gasteiger partial charge in [0.1, 0.15) is 42.5 Å². The zero-order valence-corrected chi connectivity index (χ0v) is 19.8. The van der Waals surface area contributed by atoms with Gasteiger partial charge in [-0.15, -0.1) is 0 Å². The minimum absolute atomic E-state index is 0.228. The summed E-state index contributed by atoms with van der Waals surface area (Å²) in [5.41, 5.74) is 0. The summed E-state index contributed by atoms with van der Waals surface area (Å²) in [6, 6.07) is -3.70. The third kappa shape index (κ3) is 9.03. The van der Waals surface area contributed by atoms with E-state index in [1.54, 1.807) is 0 Å². The van der Waals surface area contributed by atoms with Crippen molar-refractivity contribution in [3.63, 3.8) is 0 Å². The number of carboxylic acids is 1. The van der Waals surface area contributed by atoms with E-state index >= 15 is 0 Å². The smallest absolute Gasteiger partial charge is 0.328 e. The number of ether oxygens (including phenoxy) is 3. The standard InChI is InChI=1S/C20H33N3O12/c1-8(17(29)23-11(19(31)33-4)5-6-13(26)27)21-18(30)9(2)34-16-14(22-10(3)25)20(32)35-12(7-24)15(16)28/h8-9,11-12,14-16,20,24,28,32H,5-7H2,1-4H3,(H,21,30)(H,22,25)(H,23,29)(H,26,27)/t8-,9+,11+,12+,14+,15+,16+,20?/m0/s1. The van der Waals surface area contributed by atoms with Crippen LogP contribution in [-0.4, -0.2) is 113 Å². The molecule has 200 valence electrons. The van der Waals surface area contributed by atoms with E-state index < -0.39 is 91.5 Å². The van der Waals surface area contributed by atoms with Gasteiger partial charge in [-0.1, -0.05) is 0 Å². The summed E-state index contributed by atoms with van der Waals surface area (Å²) >= 11 is 0. The number of carbonyl (C=O) groups is 5. The Morgan fingerprint density at radius 3 is 2.20 bits per heavy atom. The molecule has 0 aromatic rings. The molecule has 1 aliphatic heterocycles. The molecule has 1 unspecified atom stereocenters. The highest BCUT2D eigenvalue weighted by atomic mass is 16.6. The van der Waals surface area contributed by atoms with Crippen molar-refractivity contribution in [2.45, 2.75) is 82.4 Å². The van der Waals surface area contributed by atoms with E-state index in [4.69, 9.17) is 14.6 Å². The molecule has 0 spiro atoms. The zero-order valence-electron chi connectivity index (χ0n) is 19.8. The lowest BCUT2D eigenvalue weighted by Gasteiger charge is -2.43. The summed E-state index contributed by atoms with van der Waals surface area (Å²) in [7, 11) is 1.07. The maximum absolute atomic E-state index is 12.6. The average Bonchev–Trinajstić information content (AvgIpc) is 2.79. The van der Waals surface area contributed by atoms with E-state index in [1.807, 2.05) is 0 Å². The van der Waals surface area contributed by atoms with Crippen molar-refractivity contribution in [1.82, 2.24) is 16.0 Å². The first-order valence-electron chi connectivity index (χ1n) is 10.8. The fourth-order valence-electron chi connectivity index (χ4n) is 3.28. The minimum Gasteiger partial charge on any atom is -0.481 e. The number of amides is 3. The number of aliphatic hydroxyl groups excluding tert-OH is 3. The molecule has 1 heterocycles. The van der Waals surface area contributed by atoms with Gasteiger partial charge in [-0.3, -0.25) is 19.2 Å². The number of hydrogen-bond donors (Lipinski definition) is 7. The second-order valence-electron chi connectivity index (χ2n) is 7.95. The second kappa shape index (κ2) is 13.9. The SMILES string of the molecule is COC(=O)[C@@H](CCC(=O)O)NC(=O)[C@H](C)NC(=O)[C@@H](C)O[C@H]1[C@H](O)[C@@H](CO)OC(O)[C@@H]1NC(C)=O. The summed E-state index contributed by atoms with van der Waals surface area (Å²) in [6.45, 7) is 3.08. The van der Waals surface area contributed by atoms with E-state index in [2.05, 4.69) is 20.7 Å². The molecule has 0 saturated carbocycles. The van der Waals surface area contributed by atoms with Crippen LogP contribution in [-0.2, 0) is 38.2 Å². The maximum atomic E-state index is 12.6. The van der Waals surface area contributed by atoms with Gasteiger partial charge in [0.15, 0.2) is 6.29 Å². The van der Waals surface area contributed by atoms with Crippen LogP contribution in [0.15, 0.2) is 0 Å². The van der Waals surface area contributed by atoms with Gasteiger partial charge in [0.2, 0.25) is 17.7 Å². The quantitative estimate of drug-likeness (QED) is 0.127. The molecule has 1 saturated heterocycles. The van der Waals surface area contributed by atoms with Crippen LogP contribution >= 0.6 is 0 Å². The molecule has 0 aromatic carbocycles. The Hall–Kier alpha value is -2.85. The number of aliphatic carboxylic acids is 1. The van der Waals surface area contributed by atoms with Crippen LogP contribution in [0.1, 0.15) is 33.6 Å². The highest BCUT2D eigenvalue weighted by Crippen LogP contribution is 2.23. The molecular formula is C20H33N3O12. The van der Waals surface area contributed by atoms with E-state index in [-0.39, 0.29) is 6.42 Å². The van der Waals surface area contributed by atoms with Crippen LogP contribution < -0.4 is 16.0 Å². The Morgan fingerprint density at radius 2 is 1.69 bits per heavy atom. The number of carboxylic acid groups (broad SMARTS) is 1. The molecule has 0 aliphatic carbocycles. The van der Waals surface area contributed by atoms with Gasteiger partial charge < -0.3 is 50.6 Å². The Kier molecular flexibility index (Phi) is 12.0. The number of methoxy groups -OCH3 is 1. The Labute approximate surface area is 201 Å². The van der Waals surface area contributed by atoms with Crippen molar-refractivity contribution in [2.24, 2.45) is 0 Å². The third-order valence-corrected chi connectivity index (χ3v) is 5.17. The van der Waals surface area contributed by atoms with Crippen molar-refractivity contribution in [3.8, 4) is 0 Å². The van der Waals surface area contributed by atoms with Crippen LogP contribution in [0.3, 0.4) is 0 Å². The molecule has 1 aliphatic rings. The van der Waals surface area contributed by atoms with Crippen LogP contribution in [0.25, 0.3) is 0 Å². The molecule has 0 aromatic heterocycles. The number of nitrogens with one attached hydrogen (secondary N) is 3. The molecular weight excluding hydrogens is 474 g/mol. The van der Waals surface area contributed by atoms with Gasteiger partial charge in [-0.2, -0.15) is 0 Å². The lowest BCUT2D eigenvalue weighted by Crippen LogP contribution is -2.65. The summed E-state index contributed by atoms with van der Waals surface area (Å²) < 4.78 is 15.2. The molecule has 0 bridgehead atoms. The third-order valence-electron chi connectivity index (χ3n) is 5.17. The first-order chi connectivity index (χ1) is 16.3. The van der Waals surface area contributed by atoms with E-state index in [0.29, 0.717) is 0 Å². The van der Waals surface area contributed by atoms with Gasteiger partial charge in [-0.05, 0) is 20.3 Å². The van der Waals surface area contributed by atoms with Crippen molar-refractivity contribution in [1.29, 1.82) is 0 Å². The summed E-state index contributed by atoms with van der Waals surface area (Å²) in [6.07, 6.45) is -7.72. The summed E-state index contributed by atoms with van der Waals surface area (Å²) in [5, 5.41) is 45.7. The van der Waals surface area contributed by atoms with Gasteiger partial charge in [0.05, 0.1) is 13.7 Å². The van der Waals surface area contributed by atoms with Crippen molar-refractivity contribution in [2.75, 3.05) is 13.7 Å². The first kappa shape index (κ1) is 30.2. The van der Waals surface area contributed by atoms with Crippen LogP contribution in [0.4, 0.5) is 0 Å². The highest BCUT2D eigenvalue weighted by Gasteiger charge is 2.47. The number of hydrogen-bond acceptors (Lipinski definition) is 11. The monoisotopic (exact) mass is 507 g/mol. The number of rotatable bonds is 12. The number of aliphatic hydroxyl groups is 3. The van der Waals surface area contributed by atoms with E-state index in [1.165, 1.54) is 13.8 Å². The molecule has 0 radical (unpaired) electrons. The van der Waals surface area contributed by atoms with Crippen molar-refractivity contribution in [3.05, 3.63) is 0 Å². The second-order valence-corrected chi connectivity index (χ2v) is 7.95. The predicted octanol–water partition coefficient (Wildman–Crippen LogP) is -3.64. The van der Waals surface area contributed by atoms with Crippen molar-refractivity contribution < 1.29 is 58.6 Å². The molecule has 15 nitrogen and oxygen atoms in total. The molecule has 7 N–H and O–H groups in total. The Bertz CT molecular complexity index is 778. The van der Waals surface area contributed by atoms with Crippen LogP contribution in [0.5, 0.6) is 0 Å². The number of carbonyl (C=O) groups excluding carboxylic acids is 4. The summed E-state index contributed by atoms with van der Waals surface area (Å²) in [4.78, 5) is 59.1. The first-order valence-corrected chi connectivity index (χ1v) is 10.8. The highest BCUT2D eigenvalue weighted by molar-refractivity contribution is 5.91. The Morgan fingerprint density at radius 1 is 1.06 bits per heavy atom. The fourth-order valence-corrected chi connectivity index (χ4v) is 3.28. The van der Waals surface area contributed by atoms with Gasteiger partial charge >= 0.3 is 11.9 Å². The average molecular weight is 507 g/mol. The van der Waals surface area contributed by atoms with Crippen molar-refractivity contribution >= 4 is 29.7 Å². The van der Waals surface area contributed by atoms with E-state index in [0.717, 1.165) is 14.0 Å². The summed E-state index contributed by atoms with van der Waals surface area (Å²) in [5.74, 6) is -4.23. The predicted molar refractivity (Wildman–Crippen MR) is 114 cm³/mol. The molecule has 8 atom stereocenters. The molecule has 1 fully saturated rings. The molecule has 15 heteroatoms. The van der Waals surface area contributed by atoms with Gasteiger partial charge in [0.25, 0.3) is 0 Å². The zero-order chi connectivity index (χ0) is 26.9. The maximum Gasteiger partial charge on any atom is 0.328 e.